The van der Waals surface area contributed by atoms with Crippen LogP contribution in [0.1, 0.15) is 40.5 Å². The Balaban J connectivity index is 1.82. The van der Waals surface area contributed by atoms with E-state index in [2.05, 4.69) is 37.9 Å². The van der Waals surface area contributed by atoms with E-state index in [9.17, 15) is 18.0 Å². The van der Waals surface area contributed by atoms with E-state index >= 15 is 0 Å². The van der Waals surface area contributed by atoms with Crippen LogP contribution in [-0.4, -0.2) is 79.3 Å². The third-order valence-corrected chi connectivity index (χ3v) is 6.92. The first kappa shape index (κ1) is 20.2. The number of hydrogen-bond acceptors (Lipinski definition) is 5. The molecule has 2 aliphatic heterocycles. The van der Waals surface area contributed by atoms with Crippen molar-refractivity contribution in [1.82, 2.24) is 15.1 Å². The molecule has 2 atom stereocenters. The van der Waals surface area contributed by atoms with E-state index in [0.29, 0.717) is 31.6 Å². The first-order chi connectivity index (χ1) is 11.6. The summed E-state index contributed by atoms with van der Waals surface area (Å²) in [6.07, 6.45) is 0.667. The molecule has 0 spiro atoms. The first-order valence-corrected chi connectivity index (χ1v) is 11.0. The second kappa shape index (κ2) is 8.03. The fourth-order valence-electron chi connectivity index (χ4n) is 3.85. The molecule has 144 valence electrons. The molecule has 2 fully saturated rings. The van der Waals surface area contributed by atoms with Crippen LogP contribution in [0.25, 0.3) is 0 Å². The molecule has 25 heavy (non-hydrogen) atoms. The minimum Gasteiger partial charge on any atom is -0.355 e. The van der Waals surface area contributed by atoms with Crippen molar-refractivity contribution >= 4 is 21.7 Å². The van der Waals surface area contributed by atoms with Gasteiger partial charge in [-0.3, -0.25) is 14.5 Å². The number of carbonyl (C=O) groups excluding carboxylic acids is 2. The Morgan fingerprint density at radius 3 is 2.44 bits per heavy atom. The van der Waals surface area contributed by atoms with E-state index in [4.69, 9.17) is 0 Å². The third kappa shape index (κ3) is 5.17. The van der Waals surface area contributed by atoms with Crippen molar-refractivity contribution in [3.63, 3.8) is 0 Å². The zero-order chi connectivity index (χ0) is 18.8. The third-order valence-electron chi connectivity index (χ3n) is 5.17. The van der Waals surface area contributed by atoms with E-state index in [-0.39, 0.29) is 41.7 Å². The summed E-state index contributed by atoms with van der Waals surface area (Å²) in [6.45, 7) is 10.2. The number of nitrogens with zero attached hydrogens (tertiary/aromatic N) is 2. The summed E-state index contributed by atoms with van der Waals surface area (Å²) < 4.78 is 23.2. The van der Waals surface area contributed by atoms with Gasteiger partial charge in [0.25, 0.3) is 0 Å². The molecular formula is C17H31N3O4S. The van der Waals surface area contributed by atoms with Crippen LogP contribution in [0.3, 0.4) is 0 Å². The van der Waals surface area contributed by atoms with E-state index in [1.807, 2.05) is 0 Å². The molecule has 0 bridgehead atoms. The summed E-state index contributed by atoms with van der Waals surface area (Å²) in [5.41, 5.74) is 0. The Hall–Kier alpha value is -1.15. The molecule has 7 nitrogen and oxygen atoms in total. The van der Waals surface area contributed by atoms with Crippen molar-refractivity contribution in [3.8, 4) is 0 Å². The van der Waals surface area contributed by atoms with Gasteiger partial charge in [-0.1, -0.05) is 0 Å². The summed E-state index contributed by atoms with van der Waals surface area (Å²) in [7, 11) is -3.03. The lowest BCUT2D eigenvalue weighted by molar-refractivity contribution is -0.130. The van der Waals surface area contributed by atoms with Crippen molar-refractivity contribution in [2.75, 3.05) is 31.1 Å². The van der Waals surface area contributed by atoms with Gasteiger partial charge >= 0.3 is 0 Å². The zero-order valence-corrected chi connectivity index (χ0v) is 16.5. The number of nitrogens with one attached hydrogen (secondary N) is 1. The normalized spacial score (nSPS) is 26.2. The predicted molar refractivity (Wildman–Crippen MR) is 96.9 cm³/mol. The van der Waals surface area contributed by atoms with Gasteiger partial charge in [0.1, 0.15) is 0 Å². The van der Waals surface area contributed by atoms with E-state index < -0.39 is 9.84 Å². The quantitative estimate of drug-likeness (QED) is 0.692. The summed E-state index contributed by atoms with van der Waals surface area (Å²) in [4.78, 5) is 28.5. The monoisotopic (exact) mass is 373 g/mol. The fourth-order valence-corrected chi connectivity index (χ4v) is 5.58. The summed E-state index contributed by atoms with van der Waals surface area (Å²) in [6, 6.07) is 0.558. The van der Waals surface area contributed by atoms with Crippen molar-refractivity contribution in [3.05, 3.63) is 0 Å². The molecule has 2 heterocycles. The van der Waals surface area contributed by atoms with Gasteiger partial charge in [-0.2, -0.15) is 0 Å². The van der Waals surface area contributed by atoms with Crippen molar-refractivity contribution in [2.45, 2.75) is 58.7 Å². The highest BCUT2D eigenvalue weighted by Gasteiger charge is 2.41. The van der Waals surface area contributed by atoms with Crippen LogP contribution in [0.5, 0.6) is 0 Å². The maximum absolute atomic E-state index is 12.4. The number of rotatable bonds is 7. The number of amides is 2. The lowest BCUT2D eigenvalue weighted by Crippen LogP contribution is -2.44. The van der Waals surface area contributed by atoms with E-state index in [1.54, 1.807) is 4.90 Å². The lowest BCUT2D eigenvalue weighted by atomic mass is 10.1. The second-order valence-electron chi connectivity index (χ2n) is 7.72. The van der Waals surface area contributed by atoms with Gasteiger partial charge in [0.05, 0.1) is 17.4 Å². The molecule has 0 aromatic heterocycles. The minimum absolute atomic E-state index is 0.0326. The Morgan fingerprint density at radius 1 is 1.28 bits per heavy atom. The second-order valence-corrected chi connectivity index (χ2v) is 9.95. The van der Waals surface area contributed by atoms with Gasteiger partial charge in [-0.25, -0.2) is 8.42 Å². The van der Waals surface area contributed by atoms with Crippen LogP contribution in [0.4, 0.5) is 0 Å². The van der Waals surface area contributed by atoms with Gasteiger partial charge in [-0.15, -0.1) is 0 Å². The molecule has 0 radical (unpaired) electrons. The standard InChI is InChI=1S/C17H31N3O4S/c1-12(2)19(13(3)4)7-6-18-17(22)14-9-16(21)20(10-14)15-5-8-25(23,24)11-15/h12-15H,5-11H2,1-4H3,(H,18,22)/t14-,15-/m0/s1. The molecule has 2 aliphatic rings. The Morgan fingerprint density at radius 2 is 1.92 bits per heavy atom. The SMILES string of the molecule is CC(C)N(CCNC(=O)[C@H]1CC(=O)N([C@H]2CCS(=O)(=O)C2)C1)C(C)C. The number of sulfone groups is 1. The maximum atomic E-state index is 12.4. The van der Waals surface area contributed by atoms with Crippen molar-refractivity contribution < 1.29 is 18.0 Å². The van der Waals surface area contributed by atoms with Gasteiger partial charge in [0.15, 0.2) is 9.84 Å². The Kier molecular flexibility index (Phi) is 6.48. The molecule has 1 N–H and O–H groups in total. The van der Waals surface area contributed by atoms with Crippen LogP contribution in [0.15, 0.2) is 0 Å². The number of likely N-dealkylation sites (tertiary alicyclic amines) is 1. The number of carbonyl (C=O) groups is 2. The van der Waals surface area contributed by atoms with Gasteiger partial charge in [0.2, 0.25) is 11.8 Å². The molecular weight excluding hydrogens is 342 g/mol. The summed E-state index contributed by atoms with van der Waals surface area (Å²) >= 11 is 0. The van der Waals surface area contributed by atoms with Crippen LogP contribution < -0.4 is 5.32 Å². The molecule has 0 unspecified atom stereocenters. The maximum Gasteiger partial charge on any atom is 0.225 e. The lowest BCUT2D eigenvalue weighted by Gasteiger charge is -2.30. The molecule has 2 saturated heterocycles. The smallest absolute Gasteiger partial charge is 0.225 e. The van der Waals surface area contributed by atoms with Crippen LogP contribution in [0.2, 0.25) is 0 Å². The average molecular weight is 374 g/mol. The molecule has 2 amide bonds. The molecule has 0 saturated carbocycles. The van der Waals surface area contributed by atoms with Crippen LogP contribution >= 0.6 is 0 Å². The zero-order valence-electron chi connectivity index (χ0n) is 15.7. The van der Waals surface area contributed by atoms with Crippen molar-refractivity contribution in [2.24, 2.45) is 5.92 Å². The Labute approximate surface area is 151 Å². The highest BCUT2D eigenvalue weighted by atomic mass is 32.2. The van der Waals surface area contributed by atoms with Gasteiger partial charge in [-0.05, 0) is 34.1 Å². The van der Waals surface area contributed by atoms with Crippen LogP contribution in [0, 0.1) is 5.92 Å². The molecule has 0 aromatic rings. The highest BCUT2D eigenvalue weighted by molar-refractivity contribution is 7.91. The highest BCUT2D eigenvalue weighted by Crippen LogP contribution is 2.26. The molecule has 2 rings (SSSR count). The summed E-state index contributed by atoms with van der Waals surface area (Å²) in [5, 5.41) is 2.94. The van der Waals surface area contributed by atoms with E-state index in [1.165, 1.54) is 0 Å². The van der Waals surface area contributed by atoms with Crippen LogP contribution in [-0.2, 0) is 19.4 Å². The predicted octanol–water partition coefficient (Wildman–Crippen LogP) is 0.257. The van der Waals surface area contributed by atoms with Gasteiger partial charge in [0, 0.05) is 44.2 Å². The number of hydrogen-bond donors (Lipinski definition) is 1. The molecule has 0 aromatic carbocycles. The Bertz CT molecular complexity index is 595. The van der Waals surface area contributed by atoms with E-state index in [0.717, 1.165) is 6.54 Å². The minimum atomic E-state index is -3.03. The topological polar surface area (TPSA) is 86.8 Å². The first-order valence-electron chi connectivity index (χ1n) is 9.14. The summed E-state index contributed by atoms with van der Waals surface area (Å²) in [5.74, 6) is -0.414. The van der Waals surface area contributed by atoms with Gasteiger partial charge < -0.3 is 10.2 Å². The molecule has 8 heteroatoms. The average Bonchev–Trinajstić information content (AvgIpc) is 3.05. The molecule has 0 aliphatic carbocycles. The largest absolute Gasteiger partial charge is 0.355 e. The van der Waals surface area contributed by atoms with Crippen molar-refractivity contribution in [1.29, 1.82) is 0 Å². The fraction of sp³-hybridized carbons (Fsp3) is 0.882.